The lowest BCUT2D eigenvalue weighted by Gasteiger charge is -2.24. The Labute approximate surface area is 388 Å². The Morgan fingerprint density at radius 1 is 0.591 bits per heavy atom. The summed E-state index contributed by atoms with van der Waals surface area (Å²) in [5, 5.41) is 22.3. The molecule has 0 radical (unpaired) electrons. The fraction of sp³-hybridized carbons (Fsp3) is 0.652. The number of nitrogens with zero attached hydrogens (tertiary/aromatic N) is 3. The molecule has 2 rings (SSSR count). The monoisotopic (exact) mass is 952 g/mol. The number of hydrogen-bond acceptors (Lipinski definition) is 15. The molecular weight excluding hydrogens is 881 g/mol. The van der Waals surface area contributed by atoms with Crippen molar-refractivity contribution in [3.63, 3.8) is 0 Å². The number of benzene rings is 2. The number of ether oxygens (including phenoxy) is 4. The number of carbonyl (C=O) groups is 4. The molecule has 20 heteroatoms. The third-order valence-electron chi connectivity index (χ3n) is 10.3. The van der Waals surface area contributed by atoms with E-state index in [4.69, 9.17) is 28.0 Å². The fourth-order valence-electron chi connectivity index (χ4n) is 6.52. The second-order valence-corrected chi connectivity index (χ2v) is 18.6. The van der Waals surface area contributed by atoms with Crippen molar-refractivity contribution in [2.75, 3.05) is 60.7 Å². The van der Waals surface area contributed by atoms with E-state index in [1.807, 2.05) is 21.1 Å². The van der Waals surface area contributed by atoms with E-state index in [9.17, 15) is 48.9 Å². The van der Waals surface area contributed by atoms with Crippen molar-refractivity contribution in [1.29, 1.82) is 0 Å². The molecule has 0 amide bonds. The van der Waals surface area contributed by atoms with Crippen LogP contribution >= 0.6 is 7.82 Å². The van der Waals surface area contributed by atoms with Gasteiger partial charge in [-0.3, -0.25) is 38.9 Å². The van der Waals surface area contributed by atoms with E-state index in [1.165, 1.54) is 12.1 Å². The second kappa shape index (κ2) is 33.1. The van der Waals surface area contributed by atoms with Gasteiger partial charge in [0.05, 0.1) is 61.9 Å². The molecule has 0 saturated carbocycles. The van der Waals surface area contributed by atoms with Crippen LogP contribution in [0.5, 0.6) is 0 Å². The summed E-state index contributed by atoms with van der Waals surface area (Å²) in [6.07, 6.45) is 11.8. The van der Waals surface area contributed by atoms with E-state index >= 15 is 0 Å². The molecule has 0 spiro atoms. The minimum Gasteiger partial charge on any atom is -0.456 e. The van der Waals surface area contributed by atoms with Gasteiger partial charge in [-0.1, -0.05) is 101 Å². The van der Waals surface area contributed by atoms with Gasteiger partial charge in [-0.25, -0.2) is 14.2 Å². The van der Waals surface area contributed by atoms with Gasteiger partial charge in [0.2, 0.25) is 11.6 Å². The number of nitro benzene ring substituents is 2. The second-order valence-electron chi connectivity index (χ2n) is 17.1. The first-order valence-electron chi connectivity index (χ1n) is 22.9. The maximum atomic E-state index is 12.7. The number of phosphoric ester groups is 1. The van der Waals surface area contributed by atoms with Gasteiger partial charge >= 0.3 is 19.8 Å². The Morgan fingerprint density at radius 2 is 1.00 bits per heavy atom. The highest BCUT2D eigenvalue weighted by Gasteiger charge is 2.29. The molecule has 0 aromatic heterocycles. The molecule has 0 fully saturated rings. The molecule has 0 aliphatic rings. The Morgan fingerprint density at radius 3 is 1.44 bits per heavy atom. The van der Waals surface area contributed by atoms with Crippen LogP contribution in [0.4, 0.5) is 11.4 Å². The van der Waals surface area contributed by atoms with Crippen LogP contribution in [0.25, 0.3) is 0 Å². The maximum Gasteiger partial charge on any atom is 0.472 e. The number of Topliss-reactive ketones (excluding diaryl/α,β-unsaturated/α-hetero) is 2. The largest absolute Gasteiger partial charge is 0.472 e. The summed E-state index contributed by atoms with van der Waals surface area (Å²) in [4.78, 5) is 82.0. The van der Waals surface area contributed by atoms with Gasteiger partial charge in [0.25, 0.3) is 11.4 Å². The molecule has 0 aliphatic carbocycles. The lowest BCUT2D eigenvalue weighted by Crippen LogP contribution is -2.37. The number of para-hydroxylation sites is 2. The zero-order valence-corrected chi connectivity index (χ0v) is 39.8. The van der Waals surface area contributed by atoms with Crippen LogP contribution in [0, 0.1) is 20.2 Å². The smallest absolute Gasteiger partial charge is 0.456 e. The van der Waals surface area contributed by atoms with Crippen LogP contribution in [0.3, 0.4) is 0 Å². The van der Waals surface area contributed by atoms with Crippen LogP contribution in [0.1, 0.15) is 127 Å². The molecule has 0 aliphatic heterocycles. The van der Waals surface area contributed by atoms with E-state index in [2.05, 4.69) is 0 Å². The first-order valence-corrected chi connectivity index (χ1v) is 24.4. The Kier molecular flexibility index (Phi) is 28.9. The first-order chi connectivity index (χ1) is 31.5. The summed E-state index contributed by atoms with van der Waals surface area (Å²) in [7, 11) is 0.965. The van der Waals surface area contributed by atoms with Gasteiger partial charge in [-0.15, -0.1) is 0 Å². The Balaban J connectivity index is 1.64. The van der Waals surface area contributed by atoms with Gasteiger partial charge in [0.15, 0.2) is 6.10 Å². The highest BCUT2D eigenvalue weighted by molar-refractivity contribution is 7.47. The van der Waals surface area contributed by atoms with Crippen molar-refractivity contribution < 1.29 is 71.0 Å². The summed E-state index contributed by atoms with van der Waals surface area (Å²) < 4.78 is 44.5. The van der Waals surface area contributed by atoms with E-state index < -0.39 is 60.5 Å². The van der Waals surface area contributed by atoms with Crippen molar-refractivity contribution in [2.24, 2.45) is 0 Å². The number of carbonyl (C=O) groups excluding carboxylic acids is 4. The number of ketones is 2. The van der Waals surface area contributed by atoms with Crippen molar-refractivity contribution in [2.45, 2.75) is 135 Å². The fourth-order valence-corrected chi connectivity index (χ4v) is 7.26. The SMILES string of the molecule is C[N+](C)(C)CCOP(=O)(O)OC[C@@H](COC(=O)C(=O)CCCCCCCCCCOCc1ccccc1[N+](=O)[O-])OC(=O)C(=O)CCCCCCCCCCOCc1ccccc1[N+](=O)[O-]. The molecule has 0 bridgehead atoms. The molecule has 2 aromatic carbocycles. The standard InChI is InChI=1S/C46H70N3O16P/c1-49(2,3)30-33-63-66(58,59)64-37-40(65-46(53)44(51)29-17-13-9-5-7-11-15-23-32-61-35-39-25-19-21-27-42(39)48(56)57)36-62-45(52)43(50)28-16-12-8-4-6-10-14-22-31-60-34-38-24-18-20-26-41(38)47(54)55/h18-21,24-27,40H,4-17,22-23,28-37H2,1-3H3/p+1/t40-/m1/s1. The molecule has 370 valence electrons. The van der Waals surface area contributed by atoms with E-state index in [0.717, 1.165) is 83.5 Å². The highest BCUT2D eigenvalue weighted by atomic mass is 31.2. The van der Waals surface area contributed by atoms with E-state index in [0.29, 0.717) is 54.6 Å². The molecule has 1 unspecified atom stereocenters. The average molecular weight is 953 g/mol. The molecule has 0 saturated heterocycles. The quantitative estimate of drug-likeness (QED) is 0.0125. The minimum absolute atomic E-state index is 0.0450. The summed E-state index contributed by atoms with van der Waals surface area (Å²) in [6, 6.07) is 13.0. The Bertz CT molecular complexity index is 1840. The number of phosphoric acid groups is 1. The van der Waals surface area contributed by atoms with Crippen molar-refractivity contribution >= 4 is 42.7 Å². The lowest BCUT2D eigenvalue weighted by molar-refractivity contribution is -0.870. The number of rotatable bonds is 40. The zero-order valence-electron chi connectivity index (χ0n) is 38.9. The topological polar surface area (TPSA) is 247 Å². The highest BCUT2D eigenvalue weighted by Crippen LogP contribution is 2.43. The zero-order chi connectivity index (χ0) is 48.6. The van der Waals surface area contributed by atoms with Gasteiger partial charge in [0, 0.05) is 38.2 Å². The van der Waals surface area contributed by atoms with Gasteiger partial charge in [0.1, 0.15) is 19.8 Å². The number of esters is 2. The van der Waals surface area contributed by atoms with Gasteiger partial charge < -0.3 is 28.3 Å². The van der Waals surface area contributed by atoms with Crippen molar-refractivity contribution in [1.82, 2.24) is 0 Å². The number of nitro groups is 2. The summed E-state index contributed by atoms with van der Waals surface area (Å²) >= 11 is 0. The summed E-state index contributed by atoms with van der Waals surface area (Å²) in [5.41, 5.74) is 1.18. The van der Waals surface area contributed by atoms with E-state index in [1.54, 1.807) is 36.4 Å². The third-order valence-corrected chi connectivity index (χ3v) is 11.3. The van der Waals surface area contributed by atoms with Crippen LogP contribution in [-0.4, -0.2) is 110 Å². The molecular formula is C46H71N3O16P+. The van der Waals surface area contributed by atoms with Crippen molar-refractivity contribution in [3.05, 3.63) is 79.9 Å². The average Bonchev–Trinajstić information content (AvgIpc) is 3.27. The normalized spacial score (nSPS) is 12.8. The third kappa shape index (κ3) is 27.2. The predicted octanol–water partition coefficient (Wildman–Crippen LogP) is 8.69. The molecule has 2 atom stereocenters. The number of quaternary nitrogens is 1. The van der Waals surface area contributed by atoms with Crippen LogP contribution < -0.4 is 0 Å². The first kappa shape index (κ1) is 57.6. The van der Waals surface area contributed by atoms with Crippen molar-refractivity contribution in [3.8, 4) is 0 Å². The summed E-state index contributed by atoms with van der Waals surface area (Å²) in [5.74, 6) is -3.99. The maximum absolute atomic E-state index is 12.7. The van der Waals surface area contributed by atoms with Gasteiger partial charge in [-0.2, -0.15) is 0 Å². The van der Waals surface area contributed by atoms with Crippen LogP contribution in [0.15, 0.2) is 48.5 Å². The molecule has 66 heavy (non-hydrogen) atoms. The van der Waals surface area contributed by atoms with Crippen LogP contribution in [-0.2, 0) is 65.0 Å². The van der Waals surface area contributed by atoms with E-state index in [-0.39, 0.29) is 44.0 Å². The predicted molar refractivity (Wildman–Crippen MR) is 244 cm³/mol. The molecule has 0 heterocycles. The van der Waals surface area contributed by atoms with Gasteiger partial charge in [-0.05, 0) is 37.8 Å². The molecule has 19 nitrogen and oxygen atoms in total. The molecule has 1 N–H and O–H groups in total. The number of likely N-dealkylation sites (N-methyl/N-ethyl adjacent to an activating group) is 1. The minimum atomic E-state index is -4.62. The number of unbranched alkanes of at least 4 members (excludes halogenated alkanes) is 14. The van der Waals surface area contributed by atoms with Crippen LogP contribution in [0.2, 0.25) is 0 Å². The lowest BCUT2D eigenvalue weighted by atomic mass is 10.1. The number of hydrogen-bond donors (Lipinski definition) is 1. The summed E-state index contributed by atoms with van der Waals surface area (Å²) in [6.45, 7) is 0.206. The Hall–Kier alpha value is -4.49. The molecule has 2 aromatic rings.